The Bertz CT molecular complexity index is 455. The molecule has 0 radical (unpaired) electrons. The first-order valence-electron chi connectivity index (χ1n) is 5.63. The number of carboxylic acid groups (broad SMARTS) is 1. The summed E-state index contributed by atoms with van der Waals surface area (Å²) < 4.78 is 0. The molecule has 0 saturated heterocycles. The number of hydrogen-bond acceptors (Lipinski definition) is 2. The molecule has 0 spiro atoms. The molecule has 2 amide bonds. The maximum absolute atomic E-state index is 11.2. The predicted molar refractivity (Wildman–Crippen MR) is 69.0 cm³/mol. The second kappa shape index (κ2) is 7.11. The molecule has 0 heterocycles. The molecule has 5 heteroatoms. The van der Waals surface area contributed by atoms with E-state index in [2.05, 4.69) is 10.6 Å². The Labute approximate surface area is 106 Å². The van der Waals surface area contributed by atoms with Crippen molar-refractivity contribution >= 4 is 18.1 Å². The summed E-state index contributed by atoms with van der Waals surface area (Å²) >= 11 is 0. The van der Waals surface area contributed by atoms with E-state index in [9.17, 15) is 9.59 Å². The molecule has 3 N–H and O–H groups in total. The van der Waals surface area contributed by atoms with Gasteiger partial charge < -0.3 is 15.7 Å². The third kappa shape index (κ3) is 5.16. The van der Waals surface area contributed by atoms with Crippen molar-refractivity contribution in [1.82, 2.24) is 10.6 Å². The van der Waals surface area contributed by atoms with E-state index in [1.54, 1.807) is 6.07 Å². The topological polar surface area (TPSA) is 78.4 Å². The highest BCUT2D eigenvalue weighted by molar-refractivity contribution is 5.85. The fourth-order valence-corrected chi connectivity index (χ4v) is 1.38. The average molecular weight is 248 g/mol. The van der Waals surface area contributed by atoms with Crippen LogP contribution in [0.3, 0.4) is 0 Å². The molecule has 0 saturated carbocycles. The zero-order chi connectivity index (χ0) is 13.4. The van der Waals surface area contributed by atoms with Gasteiger partial charge >= 0.3 is 12.0 Å². The Morgan fingerprint density at radius 1 is 1.33 bits per heavy atom. The van der Waals surface area contributed by atoms with Crippen molar-refractivity contribution in [2.45, 2.75) is 13.5 Å². The summed E-state index contributed by atoms with van der Waals surface area (Å²) in [4.78, 5) is 21.6. The van der Waals surface area contributed by atoms with Gasteiger partial charge in [-0.05, 0) is 30.2 Å². The van der Waals surface area contributed by atoms with Gasteiger partial charge in [-0.1, -0.05) is 18.2 Å². The minimum absolute atomic E-state index is 0.219. The first kappa shape index (κ1) is 13.8. The Hall–Kier alpha value is -2.30. The SMILES string of the molecule is CCNC(=O)NCc1cccc(C=CC(=O)O)c1. The summed E-state index contributed by atoms with van der Waals surface area (Å²) in [6, 6.07) is 7.09. The van der Waals surface area contributed by atoms with Crippen LogP contribution in [0, 0.1) is 0 Å². The number of rotatable bonds is 5. The van der Waals surface area contributed by atoms with Gasteiger partial charge in [0.15, 0.2) is 0 Å². The summed E-state index contributed by atoms with van der Waals surface area (Å²) in [5, 5.41) is 13.9. The zero-order valence-electron chi connectivity index (χ0n) is 10.1. The van der Waals surface area contributed by atoms with E-state index in [0.717, 1.165) is 17.2 Å². The predicted octanol–water partition coefficient (Wildman–Crippen LogP) is 1.60. The third-order valence-corrected chi connectivity index (χ3v) is 2.16. The third-order valence-electron chi connectivity index (χ3n) is 2.16. The Morgan fingerprint density at radius 3 is 2.78 bits per heavy atom. The fraction of sp³-hybridized carbons (Fsp3) is 0.231. The van der Waals surface area contributed by atoms with Crippen molar-refractivity contribution in [3.63, 3.8) is 0 Å². The van der Waals surface area contributed by atoms with Crippen LogP contribution in [0.25, 0.3) is 6.08 Å². The average Bonchev–Trinajstić information content (AvgIpc) is 2.35. The monoisotopic (exact) mass is 248 g/mol. The van der Waals surface area contributed by atoms with Crippen LogP contribution in [0.5, 0.6) is 0 Å². The molecular formula is C13H16N2O3. The number of hydrogen-bond donors (Lipinski definition) is 3. The van der Waals surface area contributed by atoms with Gasteiger partial charge in [0.2, 0.25) is 0 Å². The summed E-state index contributed by atoms with van der Waals surface area (Å²) in [6.07, 6.45) is 2.59. The lowest BCUT2D eigenvalue weighted by molar-refractivity contribution is -0.131. The van der Waals surface area contributed by atoms with Crippen LogP contribution in [0.15, 0.2) is 30.3 Å². The Balaban J connectivity index is 2.59. The molecule has 0 aliphatic rings. The van der Waals surface area contributed by atoms with Crippen LogP contribution in [0.2, 0.25) is 0 Å². The highest BCUT2D eigenvalue weighted by atomic mass is 16.4. The van der Waals surface area contributed by atoms with Crippen LogP contribution in [0.4, 0.5) is 4.79 Å². The molecule has 0 aromatic heterocycles. The molecule has 0 aliphatic carbocycles. The second-order valence-corrected chi connectivity index (χ2v) is 3.63. The molecule has 0 atom stereocenters. The van der Waals surface area contributed by atoms with Gasteiger partial charge in [0, 0.05) is 19.2 Å². The minimum atomic E-state index is -0.985. The fourth-order valence-electron chi connectivity index (χ4n) is 1.38. The zero-order valence-corrected chi connectivity index (χ0v) is 10.1. The molecular weight excluding hydrogens is 232 g/mol. The second-order valence-electron chi connectivity index (χ2n) is 3.63. The summed E-state index contributed by atoms with van der Waals surface area (Å²) in [5.74, 6) is -0.985. The van der Waals surface area contributed by atoms with Crippen molar-refractivity contribution in [3.05, 3.63) is 41.5 Å². The van der Waals surface area contributed by atoms with Crippen molar-refractivity contribution in [2.24, 2.45) is 0 Å². The first-order chi connectivity index (χ1) is 8.61. The van der Waals surface area contributed by atoms with Crippen molar-refractivity contribution in [3.8, 4) is 0 Å². The number of urea groups is 1. The van der Waals surface area contributed by atoms with E-state index >= 15 is 0 Å². The molecule has 5 nitrogen and oxygen atoms in total. The van der Waals surface area contributed by atoms with Crippen LogP contribution in [-0.4, -0.2) is 23.7 Å². The Kier molecular flexibility index (Phi) is 5.44. The number of benzene rings is 1. The highest BCUT2D eigenvalue weighted by Crippen LogP contribution is 2.07. The summed E-state index contributed by atoms with van der Waals surface area (Å²) in [7, 11) is 0. The van der Waals surface area contributed by atoms with Crippen LogP contribution in [-0.2, 0) is 11.3 Å². The van der Waals surface area contributed by atoms with E-state index in [4.69, 9.17) is 5.11 Å². The molecule has 18 heavy (non-hydrogen) atoms. The standard InChI is InChI=1S/C13H16N2O3/c1-2-14-13(18)15-9-11-5-3-4-10(8-11)6-7-12(16)17/h3-8H,2,9H2,1H3,(H,16,17)(H2,14,15,18). The van der Waals surface area contributed by atoms with Gasteiger partial charge in [-0.3, -0.25) is 0 Å². The number of carboxylic acids is 1. The lowest BCUT2D eigenvalue weighted by Crippen LogP contribution is -2.34. The number of carbonyl (C=O) groups is 2. The number of amides is 2. The highest BCUT2D eigenvalue weighted by Gasteiger charge is 1.99. The lowest BCUT2D eigenvalue weighted by Gasteiger charge is -2.06. The largest absolute Gasteiger partial charge is 0.478 e. The number of aliphatic carboxylic acids is 1. The smallest absolute Gasteiger partial charge is 0.328 e. The molecule has 0 aliphatic heterocycles. The van der Waals surface area contributed by atoms with Gasteiger partial charge in [-0.15, -0.1) is 0 Å². The van der Waals surface area contributed by atoms with Crippen molar-refractivity contribution in [1.29, 1.82) is 0 Å². The normalized spacial score (nSPS) is 10.3. The van der Waals surface area contributed by atoms with Crippen molar-refractivity contribution < 1.29 is 14.7 Å². The van der Waals surface area contributed by atoms with Crippen LogP contribution >= 0.6 is 0 Å². The Morgan fingerprint density at radius 2 is 2.11 bits per heavy atom. The molecule has 96 valence electrons. The van der Waals surface area contributed by atoms with Gasteiger partial charge in [0.05, 0.1) is 0 Å². The van der Waals surface area contributed by atoms with Gasteiger partial charge in [0.1, 0.15) is 0 Å². The van der Waals surface area contributed by atoms with E-state index in [1.165, 1.54) is 6.08 Å². The first-order valence-corrected chi connectivity index (χ1v) is 5.63. The van der Waals surface area contributed by atoms with Gasteiger partial charge in [-0.2, -0.15) is 0 Å². The van der Waals surface area contributed by atoms with Crippen molar-refractivity contribution in [2.75, 3.05) is 6.54 Å². The van der Waals surface area contributed by atoms with E-state index in [1.807, 2.05) is 25.1 Å². The molecule has 1 aromatic carbocycles. The van der Waals surface area contributed by atoms with E-state index < -0.39 is 5.97 Å². The van der Waals surface area contributed by atoms with E-state index in [-0.39, 0.29) is 6.03 Å². The van der Waals surface area contributed by atoms with Crippen LogP contribution in [0.1, 0.15) is 18.1 Å². The molecule has 1 rings (SSSR count). The lowest BCUT2D eigenvalue weighted by atomic mass is 10.1. The van der Waals surface area contributed by atoms with E-state index in [0.29, 0.717) is 13.1 Å². The quantitative estimate of drug-likeness (QED) is 0.692. The molecule has 0 bridgehead atoms. The van der Waals surface area contributed by atoms with Gasteiger partial charge in [-0.25, -0.2) is 9.59 Å². The summed E-state index contributed by atoms with van der Waals surface area (Å²) in [6.45, 7) is 2.82. The number of carbonyl (C=O) groups excluding carboxylic acids is 1. The maximum Gasteiger partial charge on any atom is 0.328 e. The molecule has 0 unspecified atom stereocenters. The molecule has 1 aromatic rings. The minimum Gasteiger partial charge on any atom is -0.478 e. The number of nitrogens with one attached hydrogen (secondary N) is 2. The van der Waals surface area contributed by atoms with Crippen LogP contribution < -0.4 is 10.6 Å². The summed E-state index contributed by atoms with van der Waals surface area (Å²) in [5.41, 5.74) is 1.70. The maximum atomic E-state index is 11.2. The van der Waals surface area contributed by atoms with Gasteiger partial charge in [0.25, 0.3) is 0 Å². The molecule has 0 fully saturated rings.